The Balaban J connectivity index is 2.97. The first-order chi connectivity index (χ1) is 16.9. The van der Waals surface area contributed by atoms with E-state index in [0.717, 1.165) is 0 Å². The zero-order valence-corrected chi connectivity index (χ0v) is 20.4. The van der Waals surface area contributed by atoms with Gasteiger partial charge in [0.15, 0.2) is 0 Å². The molecule has 11 N–H and O–H groups in total. The molecule has 3 amide bonds. The van der Waals surface area contributed by atoms with Crippen LogP contribution in [0.25, 0.3) is 0 Å². The van der Waals surface area contributed by atoms with Gasteiger partial charge in [0.2, 0.25) is 17.7 Å². The number of hydrogen-bond donors (Lipinski definition) is 9. The van der Waals surface area contributed by atoms with Crippen molar-refractivity contribution in [2.45, 2.75) is 75.9 Å². The van der Waals surface area contributed by atoms with Crippen molar-refractivity contribution in [1.29, 1.82) is 0 Å². The van der Waals surface area contributed by atoms with Crippen molar-refractivity contribution >= 4 is 23.7 Å². The Hall–Kier alpha value is -3.26. The zero-order chi connectivity index (χ0) is 27.4. The van der Waals surface area contributed by atoms with Crippen molar-refractivity contribution in [3.05, 3.63) is 29.8 Å². The van der Waals surface area contributed by atoms with E-state index in [1.54, 1.807) is 0 Å². The molecular weight excluding hydrogens is 474 g/mol. The molecule has 0 heterocycles. The van der Waals surface area contributed by atoms with Crippen LogP contribution in [-0.4, -0.2) is 87.0 Å². The number of nitrogens with two attached hydrogens (primary N) is 2. The molecule has 0 aliphatic carbocycles. The molecular formula is C23H37N5O8. The maximum absolute atomic E-state index is 12.9. The van der Waals surface area contributed by atoms with Gasteiger partial charge in [-0.25, -0.2) is 4.79 Å². The summed E-state index contributed by atoms with van der Waals surface area (Å²) in [6.07, 6.45) is -1.53. The van der Waals surface area contributed by atoms with Crippen molar-refractivity contribution in [2.75, 3.05) is 6.54 Å². The Morgan fingerprint density at radius 1 is 0.861 bits per heavy atom. The van der Waals surface area contributed by atoms with Crippen LogP contribution in [0.4, 0.5) is 0 Å². The number of phenolic OH excluding ortho intramolecular Hbond substituents is 1. The number of carboxylic acids is 1. The van der Waals surface area contributed by atoms with Crippen LogP contribution in [0, 0.1) is 0 Å². The lowest BCUT2D eigenvalue weighted by Crippen LogP contribution is -2.60. The van der Waals surface area contributed by atoms with E-state index < -0.39 is 60.1 Å². The third-order valence-corrected chi connectivity index (χ3v) is 5.46. The Labute approximate surface area is 209 Å². The molecule has 0 aliphatic heterocycles. The minimum atomic E-state index is -1.53. The standard InChI is InChI=1S/C23H37N5O8/c1-12(29)18(25)21(33)26-16(5-3-4-10-24)20(32)28-19(13(2)30)22(34)27-17(23(35)36)11-14-6-8-15(31)9-7-14/h6-9,12-13,16-19,29-31H,3-5,10-11,24-25H2,1-2H3,(H,26,33)(H,27,34)(H,28,32)(H,35,36). The number of nitrogens with one attached hydrogen (secondary N) is 3. The predicted molar refractivity (Wildman–Crippen MR) is 129 cm³/mol. The Bertz CT molecular complexity index is 878. The fraction of sp³-hybridized carbons (Fsp3) is 0.565. The summed E-state index contributed by atoms with van der Waals surface area (Å²) in [5.74, 6) is -3.88. The highest BCUT2D eigenvalue weighted by atomic mass is 16.4. The fourth-order valence-corrected chi connectivity index (χ4v) is 3.24. The van der Waals surface area contributed by atoms with E-state index in [-0.39, 0.29) is 18.6 Å². The monoisotopic (exact) mass is 511 g/mol. The van der Waals surface area contributed by atoms with Crippen LogP contribution < -0.4 is 27.4 Å². The Morgan fingerprint density at radius 3 is 1.94 bits per heavy atom. The molecule has 13 heteroatoms. The molecule has 0 spiro atoms. The number of benzene rings is 1. The van der Waals surface area contributed by atoms with Gasteiger partial charge in [-0.15, -0.1) is 0 Å². The minimum Gasteiger partial charge on any atom is -0.508 e. The highest BCUT2D eigenvalue weighted by Gasteiger charge is 2.33. The molecule has 13 nitrogen and oxygen atoms in total. The fourth-order valence-electron chi connectivity index (χ4n) is 3.24. The smallest absolute Gasteiger partial charge is 0.326 e. The highest BCUT2D eigenvalue weighted by Crippen LogP contribution is 2.12. The van der Waals surface area contributed by atoms with E-state index in [0.29, 0.717) is 24.9 Å². The summed E-state index contributed by atoms with van der Waals surface area (Å²) in [6, 6.07) is 0.393. The number of amides is 3. The lowest BCUT2D eigenvalue weighted by atomic mass is 10.0. The largest absolute Gasteiger partial charge is 0.508 e. The van der Waals surface area contributed by atoms with Crippen LogP contribution >= 0.6 is 0 Å². The number of carbonyl (C=O) groups is 4. The molecule has 0 saturated carbocycles. The number of aliphatic hydroxyl groups is 2. The van der Waals surface area contributed by atoms with Crippen LogP contribution in [0.3, 0.4) is 0 Å². The van der Waals surface area contributed by atoms with Crippen LogP contribution in [-0.2, 0) is 25.6 Å². The molecule has 0 fully saturated rings. The quantitative estimate of drug-likeness (QED) is 0.114. The van der Waals surface area contributed by atoms with Crippen molar-refractivity contribution < 1.29 is 39.6 Å². The van der Waals surface area contributed by atoms with Crippen molar-refractivity contribution in [1.82, 2.24) is 16.0 Å². The van der Waals surface area contributed by atoms with Crippen LogP contribution in [0.2, 0.25) is 0 Å². The average molecular weight is 512 g/mol. The molecule has 0 aromatic heterocycles. The van der Waals surface area contributed by atoms with Crippen molar-refractivity contribution in [3.63, 3.8) is 0 Å². The molecule has 0 saturated heterocycles. The SMILES string of the molecule is CC(O)C(N)C(=O)NC(CCCCN)C(=O)NC(C(=O)NC(Cc1ccc(O)cc1)C(=O)O)C(C)O. The summed E-state index contributed by atoms with van der Waals surface area (Å²) in [5.41, 5.74) is 11.6. The average Bonchev–Trinajstić information content (AvgIpc) is 2.81. The van der Waals surface area contributed by atoms with Gasteiger partial charge in [-0.2, -0.15) is 0 Å². The number of carboxylic acid groups (broad SMARTS) is 1. The van der Waals surface area contributed by atoms with E-state index in [2.05, 4.69) is 16.0 Å². The normalized spacial score (nSPS) is 16.1. The number of carbonyl (C=O) groups excluding carboxylic acids is 3. The molecule has 0 aliphatic rings. The molecule has 6 atom stereocenters. The summed E-state index contributed by atoms with van der Waals surface area (Å²) in [5, 5.41) is 45.7. The van der Waals surface area contributed by atoms with Crippen molar-refractivity contribution in [3.8, 4) is 5.75 Å². The molecule has 202 valence electrons. The first-order valence-electron chi connectivity index (χ1n) is 11.6. The number of phenols is 1. The lowest BCUT2D eigenvalue weighted by Gasteiger charge is -2.27. The number of hydrogen-bond acceptors (Lipinski definition) is 9. The minimum absolute atomic E-state index is 0.00551. The molecule has 36 heavy (non-hydrogen) atoms. The molecule has 1 aromatic carbocycles. The highest BCUT2D eigenvalue weighted by molar-refractivity contribution is 5.94. The number of aliphatic hydroxyl groups excluding tert-OH is 2. The van der Waals surface area contributed by atoms with Gasteiger partial charge in [-0.3, -0.25) is 14.4 Å². The van der Waals surface area contributed by atoms with Gasteiger partial charge in [0.25, 0.3) is 0 Å². The molecule has 6 unspecified atom stereocenters. The Kier molecular flexibility index (Phi) is 12.8. The summed E-state index contributed by atoms with van der Waals surface area (Å²) in [6.45, 7) is 2.91. The Morgan fingerprint density at radius 2 is 1.44 bits per heavy atom. The van der Waals surface area contributed by atoms with E-state index in [1.807, 2.05) is 0 Å². The van der Waals surface area contributed by atoms with Crippen LogP contribution in [0.1, 0.15) is 38.7 Å². The molecule has 0 bridgehead atoms. The first-order valence-corrected chi connectivity index (χ1v) is 11.6. The lowest BCUT2D eigenvalue weighted by molar-refractivity contribution is -0.143. The van der Waals surface area contributed by atoms with Gasteiger partial charge in [-0.05, 0) is 57.4 Å². The second kappa shape index (κ2) is 15.0. The summed E-state index contributed by atoms with van der Waals surface area (Å²) in [7, 11) is 0. The van der Waals surface area contributed by atoms with Gasteiger partial charge in [0, 0.05) is 6.42 Å². The predicted octanol–water partition coefficient (Wildman–Crippen LogP) is -2.31. The van der Waals surface area contributed by atoms with E-state index in [4.69, 9.17) is 11.5 Å². The van der Waals surface area contributed by atoms with Crippen LogP contribution in [0.15, 0.2) is 24.3 Å². The van der Waals surface area contributed by atoms with Gasteiger partial charge >= 0.3 is 5.97 Å². The maximum Gasteiger partial charge on any atom is 0.326 e. The molecule has 0 radical (unpaired) electrons. The molecule has 1 aromatic rings. The van der Waals surface area contributed by atoms with Gasteiger partial charge < -0.3 is 47.8 Å². The van der Waals surface area contributed by atoms with Gasteiger partial charge in [0.1, 0.15) is 29.9 Å². The van der Waals surface area contributed by atoms with Gasteiger partial charge in [-0.1, -0.05) is 12.1 Å². The topological polar surface area (TPSA) is 237 Å². The van der Waals surface area contributed by atoms with Crippen LogP contribution in [0.5, 0.6) is 5.75 Å². The van der Waals surface area contributed by atoms with Crippen molar-refractivity contribution in [2.24, 2.45) is 11.5 Å². The zero-order valence-electron chi connectivity index (χ0n) is 20.4. The first kappa shape index (κ1) is 30.8. The van der Waals surface area contributed by atoms with E-state index in [9.17, 15) is 39.6 Å². The summed E-state index contributed by atoms with van der Waals surface area (Å²) in [4.78, 5) is 49.8. The van der Waals surface area contributed by atoms with Gasteiger partial charge in [0.05, 0.1) is 12.2 Å². The number of aliphatic carboxylic acids is 1. The maximum atomic E-state index is 12.9. The third kappa shape index (κ3) is 10.2. The number of rotatable bonds is 15. The number of unbranched alkanes of at least 4 members (excludes halogenated alkanes) is 1. The second-order valence-electron chi connectivity index (χ2n) is 8.61. The van der Waals surface area contributed by atoms with E-state index >= 15 is 0 Å². The molecule has 1 rings (SSSR count). The second-order valence-corrected chi connectivity index (χ2v) is 8.61. The summed E-state index contributed by atoms with van der Waals surface area (Å²) >= 11 is 0. The van der Waals surface area contributed by atoms with E-state index in [1.165, 1.54) is 38.1 Å². The summed E-state index contributed by atoms with van der Waals surface area (Å²) < 4.78 is 0. The third-order valence-electron chi connectivity index (χ3n) is 5.46. The number of aromatic hydroxyl groups is 1.